The van der Waals surface area contributed by atoms with Crippen molar-refractivity contribution >= 4 is 34.7 Å². The maximum atomic E-state index is 10.1. The molecule has 1 aromatic carbocycles. The molecule has 0 radical (unpaired) electrons. The largest absolute Gasteiger partial charge is 0.363 e. The Bertz CT molecular complexity index is 715. The van der Waals surface area contributed by atoms with E-state index < -0.39 is 11.0 Å². The van der Waals surface area contributed by atoms with Crippen LogP contribution < -0.4 is 11.2 Å². The SMILES string of the molecule is N/C(=N\[N+](=O)[O-])N/N=C/c1cc2ccccc2nc1Cl. The van der Waals surface area contributed by atoms with Crippen molar-refractivity contribution in [3.8, 4) is 0 Å². The predicted molar refractivity (Wildman–Crippen MR) is 76.1 cm³/mol. The minimum Gasteiger partial charge on any atom is -0.363 e. The molecule has 0 saturated heterocycles. The molecule has 0 aliphatic rings. The number of rotatable bonds is 3. The van der Waals surface area contributed by atoms with E-state index in [2.05, 4.69) is 20.6 Å². The van der Waals surface area contributed by atoms with Gasteiger partial charge in [-0.25, -0.2) is 20.5 Å². The maximum Gasteiger partial charge on any atom is 0.286 e. The van der Waals surface area contributed by atoms with Crippen molar-refractivity contribution in [3.63, 3.8) is 0 Å². The number of para-hydroxylation sites is 1. The number of fused-ring (bicyclic) bond motifs is 1. The number of aromatic nitrogens is 1. The lowest BCUT2D eigenvalue weighted by Crippen LogP contribution is -2.28. The van der Waals surface area contributed by atoms with Crippen molar-refractivity contribution < 1.29 is 5.03 Å². The molecule has 20 heavy (non-hydrogen) atoms. The number of nitrogens with zero attached hydrogens (tertiary/aromatic N) is 4. The molecule has 3 N–H and O–H groups in total. The van der Waals surface area contributed by atoms with E-state index in [1.165, 1.54) is 6.21 Å². The zero-order chi connectivity index (χ0) is 14.5. The van der Waals surface area contributed by atoms with Crippen LogP contribution in [0.3, 0.4) is 0 Å². The second kappa shape index (κ2) is 5.93. The van der Waals surface area contributed by atoms with Gasteiger partial charge < -0.3 is 5.73 Å². The molecule has 8 nitrogen and oxygen atoms in total. The number of nitrogens with two attached hydrogens (primary N) is 1. The monoisotopic (exact) mass is 292 g/mol. The Labute approximate surface area is 118 Å². The number of nitrogens with one attached hydrogen (secondary N) is 1. The van der Waals surface area contributed by atoms with Crippen molar-refractivity contribution in [1.29, 1.82) is 0 Å². The van der Waals surface area contributed by atoms with E-state index in [1.807, 2.05) is 24.3 Å². The lowest BCUT2D eigenvalue weighted by Gasteiger charge is -2.01. The third-order valence-corrected chi connectivity index (χ3v) is 2.58. The van der Waals surface area contributed by atoms with Crippen LogP contribution in [0.1, 0.15) is 5.56 Å². The van der Waals surface area contributed by atoms with E-state index in [-0.39, 0.29) is 5.15 Å². The summed E-state index contributed by atoms with van der Waals surface area (Å²) in [6.07, 6.45) is 1.35. The minimum atomic E-state index is -0.928. The fourth-order valence-corrected chi connectivity index (χ4v) is 1.67. The van der Waals surface area contributed by atoms with Gasteiger partial charge in [0.15, 0.2) is 5.03 Å². The van der Waals surface area contributed by atoms with Crippen molar-refractivity contribution in [2.24, 2.45) is 15.9 Å². The molecule has 0 unspecified atom stereocenters. The highest BCUT2D eigenvalue weighted by atomic mass is 35.5. The molecule has 0 aliphatic heterocycles. The van der Waals surface area contributed by atoms with Gasteiger partial charge in [-0.3, -0.25) is 0 Å². The summed E-state index contributed by atoms with van der Waals surface area (Å²) in [4.78, 5) is 14.3. The van der Waals surface area contributed by atoms with E-state index >= 15 is 0 Å². The van der Waals surface area contributed by atoms with E-state index in [0.29, 0.717) is 5.56 Å². The highest BCUT2D eigenvalue weighted by molar-refractivity contribution is 6.32. The average molecular weight is 293 g/mol. The third-order valence-electron chi connectivity index (χ3n) is 2.28. The first-order valence-corrected chi connectivity index (χ1v) is 5.77. The van der Waals surface area contributed by atoms with E-state index in [1.54, 1.807) is 6.07 Å². The van der Waals surface area contributed by atoms with Crippen molar-refractivity contribution in [2.75, 3.05) is 0 Å². The van der Waals surface area contributed by atoms with Crippen molar-refractivity contribution in [3.05, 3.63) is 51.2 Å². The molecule has 0 spiro atoms. The van der Waals surface area contributed by atoms with Crippen molar-refractivity contribution in [2.45, 2.75) is 0 Å². The number of hydrogen-bond acceptors (Lipinski definition) is 4. The van der Waals surface area contributed by atoms with Crippen LogP contribution in [0.4, 0.5) is 0 Å². The molecule has 2 aromatic rings. The molecular formula is C11H9ClN6O2. The Balaban J connectivity index is 2.21. The number of guanidine groups is 1. The van der Waals surface area contributed by atoms with E-state index in [9.17, 15) is 10.1 Å². The molecule has 0 fully saturated rings. The van der Waals surface area contributed by atoms with Gasteiger partial charge in [-0.1, -0.05) is 29.8 Å². The van der Waals surface area contributed by atoms with Crippen LogP contribution in [0.5, 0.6) is 0 Å². The van der Waals surface area contributed by atoms with Crippen LogP contribution in [-0.2, 0) is 0 Å². The molecule has 2 rings (SSSR count). The van der Waals surface area contributed by atoms with Gasteiger partial charge in [0, 0.05) is 10.9 Å². The number of benzene rings is 1. The van der Waals surface area contributed by atoms with Crippen LogP contribution in [0.2, 0.25) is 5.15 Å². The smallest absolute Gasteiger partial charge is 0.286 e. The average Bonchev–Trinajstić information content (AvgIpc) is 2.38. The molecule has 0 atom stereocenters. The summed E-state index contributed by atoms with van der Waals surface area (Å²) in [6, 6.07) is 9.24. The molecule has 1 aromatic heterocycles. The molecule has 0 saturated carbocycles. The lowest BCUT2D eigenvalue weighted by atomic mass is 10.2. The Morgan fingerprint density at radius 3 is 3.00 bits per heavy atom. The topological polar surface area (TPSA) is 119 Å². The van der Waals surface area contributed by atoms with Gasteiger partial charge in [0.1, 0.15) is 10.3 Å². The van der Waals surface area contributed by atoms with E-state index in [0.717, 1.165) is 10.9 Å². The normalized spacial score (nSPS) is 11.9. The zero-order valence-electron chi connectivity index (χ0n) is 10.0. The van der Waals surface area contributed by atoms with Crippen LogP contribution >= 0.6 is 11.6 Å². The molecular weight excluding hydrogens is 284 g/mol. The number of hydrogen-bond donors (Lipinski definition) is 2. The first kappa shape index (κ1) is 13.7. The molecule has 0 bridgehead atoms. The Morgan fingerprint density at radius 2 is 2.25 bits per heavy atom. The van der Waals surface area contributed by atoms with Gasteiger partial charge >= 0.3 is 0 Å². The molecule has 0 aliphatic carbocycles. The van der Waals surface area contributed by atoms with Crippen LogP contribution in [0, 0.1) is 10.1 Å². The van der Waals surface area contributed by atoms with Crippen LogP contribution in [0.15, 0.2) is 40.5 Å². The van der Waals surface area contributed by atoms with Crippen molar-refractivity contribution in [1.82, 2.24) is 10.4 Å². The Hall–Kier alpha value is -2.74. The Morgan fingerprint density at radius 1 is 1.50 bits per heavy atom. The summed E-state index contributed by atoms with van der Waals surface area (Å²) in [6.45, 7) is 0. The number of pyridine rings is 1. The molecule has 1 heterocycles. The van der Waals surface area contributed by atoms with Crippen LogP contribution in [0.25, 0.3) is 10.9 Å². The highest BCUT2D eigenvalue weighted by Gasteiger charge is 2.02. The maximum absolute atomic E-state index is 10.1. The summed E-state index contributed by atoms with van der Waals surface area (Å²) < 4.78 is 0. The second-order valence-electron chi connectivity index (χ2n) is 3.65. The predicted octanol–water partition coefficient (Wildman–Crippen LogP) is 1.32. The number of nitro groups is 1. The number of halogens is 1. The Kier molecular flexibility index (Phi) is 4.06. The quantitative estimate of drug-likeness (QED) is 0.291. The molecule has 9 heteroatoms. The van der Waals surface area contributed by atoms with Gasteiger partial charge in [0.25, 0.3) is 5.96 Å². The summed E-state index contributed by atoms with van der Waals surface area (Å²) in [5, 5.41) is 16.8. The first-order valence-electron chi connectivity index (χ1n) is 5.39. The minimum absolute atomic E-state index is 0.263. The van der Waals surface area contributed by atoms with Gasteiger partial charge in [-0.15, -0.1) is 0 Å². The number of hydrazone groups is 2. The van der Waals surface area contributed by atoms with Crippen LogP contribution in [-0.4, -0.2) is 22.2 Å². The molecule has 0 amide bonds. The third kappa shape index (κ3) is 3.39. The summed E-state index contributed by atoms with van der Waals surface area (Å²) in [5.41, 5.74) is 8.72. The lowest BCUT2D eigenvalue weighted by molar-refractivity contribution is -0.485. The van der Waals surface area contributed by atoms with E-state index in [4.69, 9.17) is 17.3 Å². The van der Waals surface area contributed by atoms with Gasteiger partial charge in [-0.2, -0.15) is 5.10 Å². The first-order chi connectivity index (χ1) is 9.56. The summed E-state index contributed by atoms with van der Waals surface area (Å²) in [7, 11) is 0. The zero-order valence-corrected chi connectivity index (χ0v) is 10.8. The summed E-state index contributed by atoms with van der Waals surface area (Å²) in [5.74, 6) is -0.434. The second-order valence-corrected chi connectivity index (χ2v) is 4.01. The highest BCUT2D eigenvalue weighted by Crippen LogP contribution is 2.18. The standard InChI is InChI=1S/C11H9ClN6O2/c12-10-8(6-14-16-11(13)17-18(19)20)5-7-3-1-2-4-9(7)15-10/h1-6H,(H3,13,16,17)/b14-6+. The fourth-order valence-electron chi connectivity index (χ4n) is 1.48. The van der Waals surface area contributed by atoms with Gasteiger partial charge in [-0.05, 0) is 12.1 Å². The summed E-state index contributed by atoms with van der Waals surface area (Å²) >= 11 is 6.00. The molecule has 102 valence electrons. The fraction of sp³-hybridized carbons (Fsp3) is 0. The van der Waals surface area contributed by atoms with Gasteiger partial charge in [0.05, 0.1) is 11.7 Å². The van der Waals surface area contributed by atoms with Gasteiger partial charge in [0.2, 0.25) is 0 Å².